The van der Waals surface area contributed by atoms with Crippen molar-refractivity contribution in [3.8, 4) is 0 Å². The third-order valence-electron chi connectivity index (χ3n) is 6.78. The fourth-order valence-corrected chi connectivity index (χ4v) is 5.22. The molecule has 2 aliphatic carbocycles. The van der Waals surface area contributed by atoms with Crippen LogP contribution in [0.25, 0.3) is 10.8 Å². The lowest BCUT2D eigenvalue weighted by molar-refractivity contribution is -0.146. The summed E-state index contributed by atoms with van der Waals surface area (Å²) in [5.74, 6) is -0.194. The minimum absolute atomic E-state index is 0.0478. The highest BCUT2D eigenvalue weighted by Gasteiger charge is 2.56. The van der Waals surface area contributed by atoms with Gasteiger partial charge in [0.15, 0.2) is 5.69 Å². The molecule has 1 aromatic carbocycles. The molecule has 0 aliphatic heterocycles. The van der Waals surface area contributed by atoms with Gasteiger partial charge in [0.1, 0.15) is 0 Å². The normalized spacial score (nSPS) is 23.3. The molecule has 2 fully saturated rings. The van der Waals surface area contributed by atoms with Crippen LogP contribution >= 0.6 is 0 Å². The van der Waals surface area contributed by atoms with Gasteiger partial charge in [-0.2, -0.15) is 5.10 Å². The first-order valence-electron chi connectivity index (χ1n) is 10.9. The summed E-state index contributed by atoms with van der Waals surface area (Å²) in [6.45, 7) is 6.55. The molecule has 0 saturated heterocycles. The van der Waals surface area contributed by atoms with Crippen LogP contribution in [0.4, 0.5) is 0 Å². The van der Waals surface area contributed by atoms with E-state index in [9.17, 15) is 9.59 Å². The number of nitrogens with zero attached hydrogens (tertiary/aromatic N) is 2. The average Bonchev–Trinajstić information content (AvgIpc) is 2.73. The predicted molar refractivity (Wildman–Crippen MR) is 113 cm³/mol. The molecular formula is C23H31N3O3. The van der Waals surface area contributed by atoms with Crippen LogP contribution in [-0.2, 0) is 4.74 Å². The highest BCUT2D eigenvalue weighted by atomic mass is 16.5. The van der Waals surface area contributed by atoms with Crippen molar-refractivity contribution < 1.29 is 9.53 Å². The standard InChI is InChI=1S/C23H31N3O3/c1-4-29-19-14-18(23(19)12-8-5-9-13-23)24-21(27)20-16-10-6-7-11-17(16)22(28)26(25-20)15(2)3/h6-7,10-11,15,18-19H,4-5,8-9,12-14H2,1-3H3,(H,24,27). The maximum Gasteiger partial charge on any atom is 0.274 e. The number of aromatic nitrogens is 2. The summed E-state index contributed by atoms with van der Waals surface area (Å²) in [4.78, 5) is 26.1. The van der Waals surface area contributed by atoms with Gasteiger partial charge in [0, 0.05) is 23.4 Å². The summed E-state index contributed by atoms with van der Waals surface area (Å²) in [7, 11) is 0. The molecule has 6 heteroatoms. The van der Waals surface area contributed by atoms with Crippen LogP contribution in [0.2, 0.25) is 0 Å². The molecule has 1 aromatic heterocycles. The zero-order valence-corrected chi connectivity index (χ0v) is 17.6. The topological polar surface area (TPSA) is 73.2 Å². The smallest absolute Gasteiger partial charge is 0.274 e. The summed E-state index contributed by atoms with van der Waals surface area (Å²) in [5, 5.41) is 8.88. The molecule has 1 spiro atoms. The van der Waals surface area contributed by atoms with Gasteiger partial charge in [-0.1, -0.05) is 37.5 Å². The van der Waals surface area contributed by atoms with Crippen LogP contribution in [0.5, 0.6) is 0 Å². The Bertz CT molecular complexity index is 959. The molecule has 0 bridgehead atoms. The van der Waals surface area contributed by atoms with Crippen molar-refractivity contribution in [1.82, 2.24) is 15.1 Å². The third-order valence-corrected chi connectivity index (χ3v) is 6.78. The Labute approximate surface area is 171 Å². The Hall–Kier alpha value is -2.21. The first-order valence-corrected chi connectivity index (χ1v) is 10.9. The molecule has 2 aromatic rings. The highest BCUT2D eigenvalue weighted by Crippen LogP contribution is 2.53. The lowest BCUT2D eigenvalue weighted by Gasteiger charge is -2.57. The van der Waals surface area contributed by atoms with Gasteiger partial charge in [-0.15, -0.1) is 0 Å². The number of hydrogen-bond acceptors (Lipinski definition) is 4. The van der Waals surface area contributed by atoms with E-state index < -0.39 is 0 Å². The van der Waals surface area contributed by atoms with Gasteiger partial charge < -0.3 is 10.1 Å². The second-order valence-corrected chi connectivity index (χ2v) is 8.74. The van der Waals surface area contributed by atoms with E-state index in [1.54, 1.807) is 6.07 Å². The van der Waals surface area contributed by atoms with Gasteiger partial charge in [0.05, 0.1) is 17.5 Å². The predicted octanol–water partition coefficient (Wildman–Crippen LogP) is 3.84. The number of hydrogen-bond donors (Lipinski definition) is 1. The van der Waals surface area contributed by atoms with Crippen molar-refractivity contribution in [3.63, 3.8) is 0 Å². The molecule has 156 valence electrons. The van der Waals surface area contributed by atoms with Crippen molar-refractivity contribution >= 4 is 16.7 Å². The Balaban J connectivity index is 1.66. The molecule has 0 radical (unpaired) electrons. The molecule has 2 unspecified atom stereocenters. The maximum absolute atomic E-state index is 13.3. The van der Waals surface area contributed by atoms with Crippen molar-refractivity contribution in [2.24, 2.45) is 5.41 Å². The lowest BCUT2D eigenvalue weighted by atomic mass is 9.55. The van der Waals surface area contributed by atoms with Crippen molar-refractivity contribution in [3.05, 3.63) is 40.3 Å². The molecule has 6 nitrogen and oxygen atoms in total. The van der Waals surface area contributed by atoms with E-state index >= 15 is 0 Å². The molecule has 1 amide bonds. The zero-order chi connectivity index (χ0) is 20.6. The molecular weight excluding hydrogens is 366 g/mol. The largest absolute Gasteiger partial charge is 0.378 e. The molecule has 2 atom stereocenters. The Morgan fingerprint density at radius 1 is 1.24 bits per heavy atom. The quantitative estimate of drug-likeness (QED) is 0.832. The summed E-state index contributed by atoms with van der Waals surface area (Å²) in [6.07, 6.45) is 6.91. The van der Waals surface area contributed by atoms with Gasteiger partial charge >= 0.3 is 0 Å². The number of carbonyl (C=O) groups is 1. The molecule has 1 N–H and O–H groups in total. The van der Waals surface area contributed by atoms with E-state index in [-0.39, 0.29) is 35.1 Å². The minimum atomic E-state index is -0.194. The summed E-state index contributed by atoms with van der Waals surface area (Å²) >= 11 is 0. The van der Waals surface area contributed by atoms with Crippen LogP contribution in [0.1, 0.15) is 75.8 Å². The Kier molecular flexibility index (Phi) is 5.47. The molecule has 29 heavy (non-hydrogen) atoms. The van der Waals surface area contributed by atoms with Crippen LogP contribution in [0, 0.1) is 5.41 Å². The van der Waals surface area contributed by atoms with E-state index in [0.717, 1.165) is 19.3 Å². The third kappa shape index (κ3) is 3.37. The summed E-state index contributed by atoms with van der Waals surface area (Å²) in [6, 6.07) is 7.24. The Morgan fingerprint density at radius 2 is 1.93 bits per heavy atom. The van der Waals surface area contributed by atoms with Crippen LogP contribution in [0.15, 0.2) is 29.1 Å². The van der Waals surface area contributed by atoms with Gasteiger partial charge in [0.25, 0.3) is 11.5 Å². The van der Waals surface area contributed by atoms with E-state index in [4.69, 9.17) is 4.74 Å². The van der Waals surface area contributed by atoms with E-state index in [2.05, 4.69) is 10.4 Å². The van der Waals surface area contributed by atoms with Gasteiger partial charge in [-0.05, 0) is 46.1 Å². The number of fused-ring (bicyclic) bond motifs is 1. The Morgan fingerprint density at radius 3 is 2.59 bits per heavy atom. The molecule has 4 rings (SSSR count). The minimum Gasteiger partial charge on any atom is -0.378 e. The van der Waals surface area contributed by atoms with E-state index in [1.807, 2.05) is 39.0 Å². The zero-order valence-electron chi connectivity index (χ0n) is 17.6. The molecule has 2 aliphatic rings. The fraction of sp³-hybridized carbons (Fsp3) is 0.609. The number of ether oxygens (including phenoxy) is 1. The van der Waals surface area contributed by atoms with E-state index in [1.165, 1.54) is 23.9 Å². The van der Waals surface area contributed by atoms with Crippen molar-refractivity contribution in [2.75, 3.05) is 6.61 Å². The lowest BCUT2D eigenvalue weighted by Crippen LogP contribution is -2.65. The van der Waals surface area contributed by atoms with E-state index in [0.29, 0.717) is 23.1 Å². The second-order valence-electron chi connectivity index (χ2n) is 8.74. The van der Waals surface area contributed by atoms with Crippen molar-refractivity contribution in [1.29, 1.82) is 0 Å². The second kappa shape index (κ2) is 7.90. The fourth-order valence-electron chi connectivity index (χ4n) is 5.22. The first kappa shape index (κ1) is 20.1. The summed E-state index contributed by atoms with van der Waals surface area (Å²) in [5.41, 5.74) is 0.224. The molecule has 2 saturated carbocycles. The van der Waals surface area contributed by atoms with Crippen molar-refractivity contribution in [2.45, 2.75) is 77.5 Å². The van der Waals surface area contributed by atoms with Crippen LogP contribution in [0.3, 0.4) is 0 Å². The number of benzene rings is 1. The summed E-state index contributed by atoms with van der Waals surface area (Å²) < 4.78 is 7.43. The number of nitrogens with one attached hydrogen (secondary N) is 1. The highest BCUT2D eigenvalue weighted by molar-refractivity contribution is 6.05. The van der Waals surface area contributed by atoms with Crippen LogP contribution < -0.4 is 10.9 Å². The number of amides is 1. The van der Waals surface area contributed by atoms with Crippen LogP contribution in [-0.4, -0.2) is 34.4 Å². The first-order chi connectivity index (χ1) is 14.0. The number of carbonyl (C=O) groups excluding carboxylic acids is 1. The average molecular weight is 398 g/mol. The van der Waals surface area contributed by atoms with Gasteiger partial charge in [-0.25, -0.2) is 4.68 Å². The SMILES string of the molecule is CCOC1CC(NC(=O)c2nn(C(C)C)c(=O)c3ccccc23)C12CCCCC2. The van der Waals surface area contributed by atoms with Gasteiger partial charge in [0.2, 0.25) is 0 Å². The molecule has 1 heterocycles. The number of rotatable bonds is 5. The monoisotopic (exact) mass is 397 g/mol. The van der Waals surface area contributed by atoms with Gasteiger partial charge in [-0.3, -0.25) is 9.59 Å². The maximum atomic E-state index is 13.3.